The van der Waals surface area contributed by atoms with Crippen molar-refractivity contribution in [3.05, 3.63) is 84.0 Å². The molecular weight excluding hydrogens is 254 g/mol. The van der Waals surface area contributed by atoms with Gasteiger partial charge in [-0.05, 0) is 37.6 Å². The summed E-state index contributed by atoms with van der Waals surface area (Å²) in [7, 11) is 0. The van der Waals surface area contributed by atoms with Crippen molar-refractivity contribution in [1.82, 2.24) is 0 Å². The molecule has 2 aliphatic rings. The zero-order chi connectivity index (χ0) is 14.4. The Kier molecular flexibility index (Phi) is 2.58. The first-order valence-electron chi connectivity index (χ1n) is 7.52. The Labute approximate surface area is 126 Å². The van der Waals surface area contributed by atoms with Gasteiger partial charge in [-0.25, -0.2) is 0 Å². The summed E-state index contributed by atoms with van der Waals surface area (Å²) in [5.41, 5.74) is 5.32. The van der Waals surface area contributed by atoms with E-state index in [0.717, 1.165) is 0 Å². The first-order valence-corrected chi connectivity index (χ1v) is 7.52. The van der Waals surface area contributed by atoms with Crippen molar-refractivity contribution < 1.29 is 0 Å². The topological polar surface area (TPSA) is 3.24 Å². The summed E-state index contributed by atoms with van der Waals surface area (Å²) in [5.74, 6) is 0.414. The number of hydrogen-bond donors (Lipinski definition) is 0. The Balaban J connectivity index is 1.98. The van der Waals surface area contributed by atoms with Gasteiger partial charge < -0.3 is 4.90 Å². The fourth-order valence-electron chi connectivity index (χ4n) is 3.74. The number of aryl methyl sites for hydroxylation is 1. The van der Waals surface area contributed by atoms with Gasteiger partial charge in [0.25, 0.3) is 0 Å². The van der Waals surface area contributed by atoms with E-state index < -0.39 is 0 Å². The number of para-hydroxylation sites is 1. The van der Waals surface area contributed by atoms with E-state index in [1.807, 2.05) is 0 Å². The molecule has 0 saturated heterocycles. The number of anilines is 2. The molecular formula is C20H19N. The van der Waals surface area contributed by atoms with Gasteiger partial charge in [0.15, 0.2) is 0 Å². The van der Waals surface area contributed by atoms with Crippen LogP contribution in [0, 0.1) is 6.92 Å². The van der Waals surface area contributed by atoms with Gasteiger partial charge in [-0.3, -0.25) is 0 Å². The van der Waals surface area contributed by atoms with Crippen LogP contribution in [0.2, 0.25) is 0 Å². The quantitative estimate of drug-likeness (QED) is 0.697. The molecule has 1 heteroatoms. The average molecular weight is 273 g/mol. The summed E-state index contributed by atoms with van der Waals surface area (Å²) in [6.07, 6.45) is 9.01. The molecule has 1 aliphatic carbocycles. The zero-order valence-electron chi connectivity index (χ0n) is 12.5. The second-order valence-corrected chi connectivity index (χ2v) is 6.18. The van der Waals surface area contributed by atoms with Crippen LogP contribution in [-0.4, -0.2) is 5.54 Å². The zero-order valence-corrected chi connectivity index (χ0v) is 12.5. The van der Waals surface area contributed by atoms with Gasteiger partial charge in [-0.15, -0.1) is 0 Å². The van der Waals surface area contributed by atoms with Crippen LogP contribution in [0.3, 0.4) is 0 Å². The lowest BCUT2D eigenvalue weighted by Crippen LogP contribution is -2.41. The van der Waals surface area contributed by atoms with Crippen LogP contribution >= 0.6 is 0 Å². The summed E-state index contributed by atoms with van der Waals surface area (Å²) in [5, 5.41) is 0. The lowest BCUT2D eigenvalue weighted by Gasteiger charge is -2.39. The fourth-order valence-corrected chi connectivity index (χ4v) is 3.74. The summed E-state index contributed by atoms with van der Waals surface area (Å²) in [4.78, 5) is 2.48. The number of fused-ring (bicyclic) bond motifs is 3. The molecule has 0 amide bonds. The van der Waals surface area contributed by atoms with E-state index in [9.17, 15) is 0 Å². The third-order valence-electron chi connectivity index (χ3n) is 4.73. The monoisotopic (exact) mass is 273 g/mol. The van der Waals surface area contributed by atoms with Gasteiger partial charge in [0.05, 0.1) is 5.54 Å². The molecule has 1 heterocycles. The van der Waals surface area contributed by atoms with E-state index in [1.54, 1.807) is 0 Å². The van der Waals surface area contributed by atoms with Crippen LogP contribution in [0.1, 0.15) is 24.0 Å². The normalized spacial score (nSPS) is 25.8. The highest BCUT2D eigenvalue weighted by Crippen LogP contribution is 2.53. The minimum absolute atomic E-state index is 0.0216. The van der Waals surface area contributed by atoms with Crippen LogP contribution < -0.4 is 4.90 Å². The first-order chi connectivity index (χ1) is 10.2. The fraction of sp³-hybridized carbons (Fsp3) is 0.200. The standard InChI is InChI=1S/C20H19N/c1-15-11-12-19-17(14-15)18-10-6-7-13-20(18,2)21(19)16-8-4-3-5-9-16/h3-14,18H,1-2H3. The molecule has 0 N–H and O–H groups in total. The molecule has 2 aromatic rings. The van der Waals surface area contributed by atoms with Crippen LogP contribution in [0.25, 0.3) is 0 Å². The van der Waals surface area contributed by atoms with Crippen molar-refractivity contribution in [2.45, 2.75) is 25.3 Å². The van der Waals surface area contributed by atoms with Gasteiger partial charge >= 0.3 is 0 Å². The molecule has 0 fully saturated rings. The van der Waals surface area contributed by atoms with E-state index in [4.69, 9.17) is 0 Å². The Hall–Kier alpha value is -2.28. The summed E-state index contributed by atoms with van der Waals surface area (Å²) >= 11 is 0. The lowest BCUT2D eigenvalue weighted by molar-refractivity contribution is 0.542. The largest absolute Gasteiger partial charge is 0.331 e. The summed E-state index contributed by atoms with van der Waals surface area (Å²) in [6, 6.07) is 17.5. The summed E-state index contributed by atoms with van der Waals surface area (Å²) in [6.45, 7) is 4.51. The smallest absolute Gasteiger partial charge is 0.0712 e. The Morgan fingerprint density at radius 3 is 2.62 bits per heavy atom. The molecule has 0 radical (unpaired) electrons. The molecule has 0 spiro atoms. The van der Waals surface area contributed by atoms with E-state index in [0.29, 0.717) is 5.92 Å². The van der Waals surface area contributed by atoms with E-state index in [1.165, 1.54) is 22.5 Å². The lowest BCUT2D eigenvalue weighted by atomic mass is 9.80. The Morgan fingerprint density at radius 2 is 1.81 bits per heavy atom. The maximum Gasteiger partial charge on any atom is 0.0712 e. The van der Waals surface area contributed by atoms with Crippen molar-refractivity contribution in [1.29, 1.82) is 0 Å². The van der Waals surface area contributed by atoms with Crippen molar-refractivity contribution in [3.63, 3.8) is 0 Å². The highest BCUT2D eigenvalue weighted by atomic mass is 15.2. The van der Waals surface area contributed by atoms with Crippen molar-refractivity contribution in [2.24, 2.45) is 0 Å². The predicted molar refractivity (Wildman–Crippen MR) is 89.2 cm³/mol. The molecule has 2 unspecified atom stereocenters. The molecule has 4 rings (SSSR count). The average Bonchev–Trinajstić information content (AvgIpc) is 2.76. The second kappa shape index (κ2) is 4.36. The van der Waals surface area contributed by atoms with Gasteiger partial charge in [0, 0.05) is 17.3 Å². The maximum atomic E-state index is 2.48. The van der Waals surface area contributed by atoms with E-state index in [-0.39, 0.29) is 5.54 Å². The molecule has 104 valence electrons. The molecule has 2 aromatic carbocycles. The summed E-state index contributed by atoms with van der Waals surface area (Å²) < 4.78 is 0. The van der Waals surface area contributed by atoms with Crippen LogP contribution in [0.15, 0.2) is 72.8 Å². The highest BCUT2D eigenvalue weighted by molar-refractivity contribution is 5.77. The molecule has 1 nitrogen and oxygen atoms in total. The number of nitrogens with zero attached hydrogens (tertiary/aromatic N) is 1. The third-order valence-corrected chi connectivity index (χ3v) is 4.73. The maximum absolute atomic E-state index is 2.48. The minimum Gasteiger partial charge on any atom is -0.331 e. The van der Waals surface area contributed by atoms with Gasteiger partial charge in [0.1, 0.15) is 0 Å². The van der Waals surface area contributed by atoms with Gasteiger partial charge in [-0.2, -0.15) is 0 Å². The SMILES string of the molecule is Cc1ccc2c(c1)C1C=CC=CC1(C)N2c1ccccc1. The minimum atomic E-state index is -0.0216. The number of rotatable bonds is 1. The van der Waals surface area contributed by atoms with Crippen molar-refractivity contribution in [3.8, 4) is 0 Å². The second-order valence-electron chi connectivity index (χ2n) is 6.18. The molecule has 0 saturated carbocycles. The first kappa shape index (κ1) is 12.5. The highest BCUT2D eigenvalue weighted by Gasteiger charge is 2.46. The molecule has 21 heavy (non-hydrogen) atoms. The molecule has 2 atom stereocenters. The number of hydrogen-bond acceptors (Lipinski definition) is 1. The van der Waals surface area contributed by atoms with Crippen LogP contribution in [0.5, 0.6) is 0 Å². The van der Waals surface area contributed by atoms with Crippen LogP contribution in [0.4, 0.5) is 11.4 Å². The van der Waals surface area contributed by atoms with Crippen LogP contribution in [-0.2, 0) is 0 Å². The third kappa shape index (κ3) is 1.70. The predicted octanol–water partition coefficient (Wildman–Crippen LogP) is 5.12. The van der Waals surface area contributed by atoms with E-state index in [2.05, 4.69) is 91.6 Å². The molecule has 0 aromatic heterocycles. The molecule has 1 aliphatic heterocycles. The Morgan fingerprint density at radius 1 is 1.00 bits per heavy atom. The Bertz CT molecular complexity index is 742. The molecule has 0 bridgehead atoms. The van der Waals surface area contributed by atoms with Gasteiger partial charge in [0.2, 0.25) is 0 Å². The number of benzene rings is 2. The van der Waals surface area contributed by atoms with Gasteiger partial charge in [-0.1, -0.05) is 60.2 Å². The van der Waals surface area contributed by atoms with E-state index >= 15 is 0 Å². The number of allylic oxidation sites excluding steroid dienone is 2. The van der Waals surface area contributed by atoms with Crippen molar-refractivity contribution >= 4 is 11.4 Å². The van der Waals surface area contributed by atoms with Crippen molar-refractivity contribution in [2.75, 3.05) is 4.90 Å².